The molecule has 4 nitrogen and oxygen atoms in total. The summed E-state index contributed by atoms with van der Waals surface area (Å²) in [6, 6.07) is 15.3. The Labute approximate surface area is 182 Å². The van der Waals surface area contributed by atoms with Gasteiger partial charge in [-0.15, -0.1) is 11.3 Å². The van der Waals surface area contributed by atoms with Gasteiger partial charge in [0.05, 0.1) is 32.7 Å². The molecule has 0 spiro atoms. The number of ether oxygens (including phenoxy) is 1. The number of piperidine rings is 1. The lowest BCUT2D eigenvalue weighted by atomic mass is 9.98. The molecule has 3 atom stereocenters. The summed E-state index contributed by atoms with van der Waals surface area (Å²) in [6.07, 6.45) is 4.29. The van der Waals surface area contributed by atoms with Gasteiger partial charge < -0.3 is 26.2 Å². The monoisotopic (exact) mass is 464 g/mol. The molecule has 0 radical (unpaired) electrons. The third-order valence-electron chi connectivity index (χ3n) is 6.45. The van der Waals surface area contributed by atoms with Crippen LogP contribution in [-0.4, -0.2) is 42.9 Å². The molecule has 0 saturated carbocycles. The maximum Gasteiger partial charge on any atom is 0.414 e. The van der Waals surface area contributed by atoms with E-state index in [-0.39, 0.29) is 29.2 Å². The maximum absolute atomic E-state index is 13.1. The van der Waals surface area contributed by atoms with Crippen molar-refractivity contribution in [2.75, 3.05) is 19.0 Å². The maximum atomic E-state index is 13.1. The fraction of sp³-hybridized carbons (Fsp3) is 0.500. The van der Waals surface area contributed by atoms with E-state index in [0.717, 1.165) is 23.0 Å². The highest BCUT2D eigenvalue weighted by molar-refractivity contribution is 7.11. The first-order valence-electron chi connectivity index (χ1n) is 9.85. The van der Waals surface area contributed by atoms with Crippen LogP contribution < -0.4 is 21.9 Å². The summed E-state index contributed by atoms with van der Waals surface area (Å²) in [5, 5.41) is 0. The molecular formula is C22H29BrN2O2S. The first-order chi connectivity index (χ1) is 12.9. The van der Waals surface area contributed by atoms with Gasteiger partial charge in [-0.2, -0.15) is 0 Å². The zero-order valence-corrected chi connectivity index (χ0v) is 19.2. The predicted molar refractivity (Wildman–Crippen MR) is 110 cm³/mol. The minimum Gasteiger partial charge on any atom is -1.00 e. The SMILES string of the molecule is Cc1ccc(CN(C(=O)OC2C[C@H]3CC[C@@H](C2)[N+]3(C)C)c2ccccc2)s1.[Br-]. The Hall–Kier alpha value is -1.37. The second-order valence-electron chi connectivity index (χ2n) is 8.43. The fourth-order valence-electron chi connectivity index (χ4n) is 4.73. The van der Waals surface area contributed by atoms with Crippen molar-refractivity contribution in [1.82, 2.24) is 0 Å². The topological polar surface area (TPSA) is 29.5 Å². The van der Waals surface area contributed by atoms with Gasteiger partial charge in [0.1, 0.15) is 6.10 Å². The number of hydrogen-bond donors (Lipinski definition) is 0. The molecule has 6 heteroatoms. The third kappa shape index (κ3) is 4.29. The number of nitrogens with zero attached hydrogens (tertiary/aromatic N) is 2. The molecule has 3 heterocycles. The zero-order chi connectivity index (χ0) is 19.0. The highest BCUT2D eigenvalue weighted by Crippen LogP contribution is 2.40. The van der Waals surface area contributed by atoms with Gasteiger partial charge in [0.25, 0.3) is 0 Å². The Morgan fingerprint density at radius 1 is 1.11 bits per heavy atom. The number of amides is 1. The number of quaternary nitrogens is 1. The van der Waals surface area contributed by atoms with E-state index in [1.165, 1.54) is 22.6 Å². The van der Waals surface area contributed by atoms with Crippen LogP contribution in [0.5, 0.6) is 0 Å². The number of thiophene rings is 1. The Balaban J connectivity index is 0.00000225. The van der Waals surface area contributed by atoms with Crippen LogP contribution in [0.1, 0.15) is 35.4 Å². The molecule has 0 N–H and O–H groups in total. The van der Waals surface area contributed by atoms with Gasteiger partial charge in [0.15, 0.2) is 0 Å². The minimum absolute atomic E-state index is 0. The molecular weight excluding hydrogens is 436 g/mol. The first-order valence-corrected chi connectivity index (χ1v) is 10.7. The Bertz CT molecular complexity index is 792. The lowest BCUT2D eigenvalue weighted by Gasteiger charge is -2.44. The third-order valence-corrected chi connectivity index (χ3v) is 7.44. The summed E-state index contributed by atoms with van der Waals surface area (Å²) in [5.41, 5.74) is 0.892. The Kier molecular flexibility index (Phi) is 6.52. The summed E-state index contributed by atoms with van der Waals surface area (Å²) in [4.78, 5) is 17.3. The average Bonchev–Trinajstić information content (AvgIpc) is 3.07. The summed E-state index contributed by atoms with van der Waals surface area (Å²) in [7, 11) is 4.66. The fourth-order valence-corrected chi connectivity index (χ4v) is 5.61. The lowest BCUT2D eigenvalue weighted by Crippen LogP contribution is -3.00. The number of halogens is 1. The first kappa shape index (κ1) is 21.3. The zero-order valence-electron chi connectivity index (χ0n) is 16.8. The number of hydrogen-bond acceptors (Lipinski definition) is 3. The number of carbonyl (C=O) groups is 1. The van der Waals surface area contributed by atoms with Gasteiger partial charge in [-0.1, -0.05) is 18.2 Å². The van der Waals surface area contributed by atoms with Crippen LogP contribution in [0.2, 0.25) is 0 Å². The molecule has 1 aromatic carbocycles. The largest absolute Gasteiger partial charge is 1.00 e. The van der Waals surface area contributed by atoms with Crippen molar-refractivity contribution in [2.45, 2.75) is 57.3 Å². The lowest BCUT2D eigenvalue weighted by molar-refractivity contribution is -0.931. The van der Waals surface area contributed by atoms with Crippen molar-refractivity contribution in [1.29, 1.82) is 0 Å². The van der Waals surface area contributed by atoms with E-state index < -0.39 is 0 Å². The van der Waals surface area contributed by atoms with Gasteiger partial charge in [-0.05, 0) is 31.2 Å². The molecule has 2 aromatic rings. The van der Waals surface area contributed by atoms with Crippen molar-refractivity contribution in [2.24, 2.45) is 0 Å². The van der Waals surface area contributed by atoms with Crippen LogP contribution in [0.15, 0.2) is 42.5 Å². The molecule has 28 heavy (non-hydrogen) atoms. The minimum atomic E-state index is -0.219. The number of aryl methyl sites for hydroxylation is 1. The van der Waals surface area contributed by atoms with E-state index in [0.29, 0.717) is 18.6 Å². The summed E-state index contributed by atoms with van der Waals surface area (Å²) in [6.45, 7) is 2.65. The normalized spacial score (nSPS) is 25.0. The predicted octanol–water partition coefficient (Wildman–Crippen LogP) is 1.97. The van der Waals surface area contributed by atoms with Crippen LogP contribution in [0.25, 0.3) is 0 Å². The van der Waals surface area contributed by atoms with E-state index >= 15 is 0 Å². The van der Waals surface area contributed by atoms with Gasteiger partial charge in [-0.3, -0.25) is 4.90 Å². The summed E-state index contributed by atoms with van der Waals surface area (Å²) < 4.78 is 7.13. The van der Waals surface area contributed by atoms with Gasteiger partial charge in [-0.25, -0.2) is 4.79 Å². The molecule has 1 aromatic heterocycles. The Morgan fingerprint density at radius 3 is 2.32 bits per heavy atom. The average molecular weight is 465 g/mol. The molecule has 2 saturated heterocycles. The van der Waals surface area contributed by atoms with Crippen molar-refractivity contribution < 1.29 is 31.0 Å². The molecule has 2 bridgehead atoms. The van der Waals surface area contributed by atoms with Crippen LogP contribution in [0.4, 0.5) is 10.5 Å². The quantitative estimate of drug-likeness (QED) is 0.647. The van der Waals surface area contributed by atoms with Crippen molar-refractivity contribution in [3.8, 4) is 0 Å². The van der Waals surface area contributed by atoms with Crippen LogP contribution in [-0.2, 0) is 11.3 Å². The Morgan fingerprint density at radius 2 is 1.75 bits per heavy atom. The number of benzene rings is 1. The molecule has 2 aliphatic heterocycles. The molecule has 152 valence electrons. The number of rotatable bonds is 4. The second-order valence-corrected chi connectivity index (χ2v) is 9.80. The molecule has 4 rings (SSSR count). The highest BCUT2D eigenvalue weighted by Gasteiger charge is 2.50. The number of anilines is 1. The van der Waals surface area contributed by atoms with Gasteiger partial charge in [0.2, 0.25) is 0 Å². The smallest absolute Gasteiger partial charge is 0.414 e. The van der Waals surface area contributed by atoms with E-state index in [1.54, 1.807) is 16.2 Å². The van der Waals surface area contributed by atoms with Crippen molar-refractivity contribution in [3.63, 3.8) is 0 Å². The standard InChI is InChI=1S/C22H29N2O2S.BrH/c1-16-9-12-21(27-16)15-23(17-7-5-4-6-8-17)22(25)26-20-13-18-10-11-19(14-20)24(18,2)3;/h4-9,12,18-20H,10-11,13-15H2,1-3H3;1H/q+1;/p-1/t18-,19+,20?;. The molecule has 1 unspecified atom stereocenters. The van der Waals surface area contributed by atoms with Crippen LogP contribution in [0.3, 0.4) is 0 Å². The molecule has 0 aliphatic carbocycles. The second kappa shape index (κ2) is 8.56. The highest BCUT2D eigenvalue weighted by atomic mass is 79.9. The van der Waals surface area contributed by atoms with E-state index in [4.69, 9.17) is 4.74 Å². The van der Waals surface area contributed by atoms with E-state index in [1.807, 2.05) is 30.3 Å². The van der Waals surface area contributed by atoms with E-state index in [9.17, 15) is 4.79 Å². The van der Waals surface area contributed by atoms with Gasteiger partial charge in [0, 0.05) is 41.1 Å². The number of carbonyl (C=O) groups excluding carboxylic acids is 1. The van der Waals surface area contributed by atoms with Crippen molar-refractivity contribution >= 4 is 23.1 Å². The van der Waals surface area contributed by atoms with Gasteiger partial charge >= 0.3 is 6.09 Å². The summed E-state index contributed by atoms with van der Waals surface area (Å²) in [5.74, 6) is 0. The molecule has 2 aliphatic rings. The van der Waals surface area contributed by atoms with Crippen LogP contribution in [0, 0.1) is 6.92 Å². The number of fused-ring (bicyclic) bond motifs is 2. The van der Waals surface area contributed by atoms with E-state index in [2.05, 4.69) is 33.2 Å². The molecule has 1 amide bonds. The number of para-hydroxylation sites is 1. The van der Waals surface area contributed by atoms with Crippen molar-refractivity contribution in [3.05, 3.63) is 52.2 Å². The summed E-state index contributed by atoms with van der Waals surface area (Å²) >= 11 is 1.73. The molecule has 2 fully saturated rings. The van der Waals surface area contributed by atoms with Crippen LogP contribution >= 0.6 is 11.3 Å².